The summed E-state index contributed by atoms with van der Waals surface area (Å²) in [6.07, 6.45) is 4.85. The predicted octanol–water partition coefficient (Wildman–Crippen LogP) is 2.55. The first-order valence-electron chi connectivity index (χ1n) is 8.21. The number of H-pyrrole nitrogens is 1. The van der Waals surface area contributed by atoms with Crippen molar-refractivity contribution in [1.29, 1.82) is 0 Å². The van der Waals surface area contributed by atoms with Crippen LogP contribution in [-0.2, 0) is 20.0 Å². The van der Waals surface area contributed by atoms with E-state index in [1.807, 2.05) is 44.2 Å². The molecule has 0 radical (unpaired) electrons. The van der Waals surface area contributed by atoms with E-state index in [0.717, 1.165) is 35.0 Å². The molecule has 5 nitrogen and oxygen atoms in total. The SMILES string of the molecule is Cc1cc(C)c2[nH]c(=O)c(CN(C)CCc3cnn(C)c3)cc2c1. The van der Waals surface area contributed by atoms with Crippen molar-refractivity contribution in [3.63, 3.8) is 0 Å². The zero-order valence-electron chi connectivity index (χ0n) is 14.8. The van der Waals surface area contributed by atoms with Gasteiger partial charge in [0.05, 0.1) is 11.7 Å². The molecule has 0 unspecified atom stereocenters. The summed E-state index contributed by atoms with van der Waals surface area (Å²) in [4.78, 5) is 17.6. The fourth-order valence-electron chi connectivity index (χ4n) is 3.14. The summed E-state index contributed by atoms with van der Waals surface area (Å²) < 4.78 is 1.81. The molecule has 0 fully saturated rings. The first kappa shape index (κ1) is 16.5. The molecule has 126 valence electrons. The van der Waals surface area contributed by atoms with Crippen LogP contribution in [0.2, 0.25) is 0 Å². The van der Waals surface area contributed by atoms with E-state index < -0.39 is 0 Å². The van der Waals surface area contributed by atoms with Crippen LogP contribution < -0.4 is 5.56 Å². The second-order valence-electron chi connectivity index (χ2n) is 6.68. The minimum absolute atomic E-state index is 0.00248. The summed E-state index contributed by atoms with van der Waals surface area (Å²) in [7, 11) is 3.97. The molecule has 3 rings (SSSR count). The second-order valence-corrected chi connectivity index (χ2v) is 6.68. The third-order valence-electron chi connectivity index (χ3n) is 4.35. The number of rotatable bonds is 5. The summed E-state index contributed by atoms with van der Waals surface area (Å²) in [5.74, 6) is 0. The molecule has 1 aromatic carbocycles. The number of aryl methyl sites for hydroxylation is 3. The molecule has 1 N–H and O–H groups in total. The molecule has 5 heteroatoms. The molecular formula is C19H24N4O. The Kier molecular flexibility index (Phi) is 4.53. The van der Waals surface area contributed by atoms with Gasteiger partial charge in [0.25, 0.3) is 5.56 Å². The van der Waals surface area contributed by atoms with Gasteiger partial charge in [0, 0.05) is 31.9 Å². The summed E-state index contributed by atoms with van der Waals surface area (Å²) in [6.45, 7) is 5.64. The smallest absolute Gasteiger partial charge is 0.252 e. The Bertz CT molecular complexity index is 923. The van der Waals surface area contributed by atoms with Crippen LogP contribution in [0.15, 0.2) is 35.4 Å². The molecule has 2 aromatic heterocycles. The van der Waals surface area contributed by atoms with E-state index >= 15 is 0 Å². The van der Waals surface area contributed by atoms with Crippen LogP contribution >= 0.6 is 0 Å². The van der Waals surface area contributed by atoms with E-state index in [1.54, 1.807) is 0 Å². The van der Waals surface area contributed by atoms with Gasteiger partial charge < -0.3 is 9.88 Å². The Labute approximate surface area is 141 Å². The maximum absolute atomic E-state index is 12.4. The number of hydrogen-bond donors (Lipinski definition) is 1. The highest BCUT2D eigenvalue weighted by Gasteiger charge is 2.09. The van der Waals surface area contributed by atoms with Crippen LogP contribution in [0.3, 0.4) is 0 Å². The normalized spacial score (nSPS) is 11.5. The van der Waals surface area contributed by atoms with E-state index in [1.165, 1.54) is 11.1 Å². The van der Waals surface area contributed by atoms with Gasteiger partial charge >= 0.3 is 0 Å². The summed E-state index contributed by atoms with van der Waals surface area (Å²) in [6, 6.07) is 6.24. The number of nitrogens with zero attached hydrogens (tertiary/aromatic N) is 3. The molecule has 0 atom stereocenters. The van der Waals surface area contributed by atoms with Gasteiger partial charge in [-0.1, -0.05) is 11.6 Å². The minimum atomic E-state index is 0.00248. The molecule has 0 saturated heterocycles. The maximum Gasteiger partial charge on any atom is 0.252 e. The number of aromatic amines is 1. The van der Waals surface area contributed by atoms with Gasteiger partial charge in [0.2, 0.25) is 0 Å². The van der Waals surface area contributed by atoms with Gasteiger partial charge in [-0.15, -0.1) is 0 Å². The molecule has 2 heterocycles. The third kappa shape index (κ3) is 3.57. The molecular weight excluding hydrogens is 300 g/mol. The first-order valence-corrected chi connectivity index (χ1v) is 8.21. The highest BCUT2D eigenvalue weighted by Crippen LogP contribution is 2.18. The second kappa shape index (κ2) is 6.61. The monoisotopic (exact) mass is 324 g/mol. The van der Waals surface area contributed by atoms with Gasteiger partial charge in [-0.3, -0.25) is 9.48 Å². The number of likely N-dealkylation sites (N-methyl/N-ethyl adjacent to an activating group) is 1. The van der Waals surface area contributed by atoms with Crippen molar-refractivity contribution in [3.8, 4) is 0 Å². The molecule has 3 aromatic rings. The Morgan fingerprint density at radius 1 is 1.25 bits per heavy atom. The summed E-state index contributed by atoms with van der Waals surface area (Å²) in [5, 5.41) is 5.29. The highest BCUT2D eigenvalue weighted by molar-refractivity contribution is 5.82. The van der Waals surface area contributed by atoms with E-state index in [-0.39, 0.29) is 5.56 Å². The number of benzene rings is 1. The van der Waals surface area contributed by atoms with Crippen molar-refractivity contribution in [2.45, 2.75) is 26.8 Å². The number of aromatic nitrogens is 3. The van der Waals surface area contributed by atoms with Gasteiger partial charge in [-0.25, -0.2) is 0 Å². The van der Waals surface area contributed by atoms with Gasteiger partial charge in [0.15, 0.2) is 0 Å². The van der Waals surface area contributed by atoms with Crippen molar-refractivity contribution in [3.05, 3.63) is 63.2 Å². The average Bonchev–Trinajstić information content (AvgIpc) is 2.92. The van der Waals surface area contributed by atoms with E-state index in [9.17, 15) is 4.79 Å². The quantitative estimate of drug-likeness (QED) is 0.785. The lowest BCUT2D eigenvalue weighted by atomic mass is 10.1. The van der Waals surface area contributed by atoms with Crippen molar-refractivity contribution >= 4 is 10.9 Å². The molecule has 0 aliphatic heterocycles. The Hall–Kier alpha value is -2.40. The number of nitrogens with one attached hydrogen (secondary N) is 1. The highest BCUT2D eigenvalue weighted by atomic mass is 16.1. The van der Waals surface area contributed by atoms with Gasteiger partial charge in [-0.2, -0.15) is 5.10 Å². The largest absolute Gasteiger partial charge is 0.321 e. The van der Waals surface area contributed by atoms with Crippen LogP contribution in [0.4, 0.5) is 0 Å². The zero-order chi connectivity index (χ0) is 17.3. The van der Waals surface area contributed by atoms with Crippen molar-refractivity contribution in [2.75, 3.05) is 13.6 Å². The fraction of sp³-hybridized carbons (Fsp3) is 0.368. The van der Waals surface area contributed by atoms with Gasteiger partial charge in [0.1, 0.15) is 0 Å². The Morgan fingerprint density at radius 2 is 2.04 bits per heavy atom. The Balaban J connectivity index is 1.76. The first-order chi connectivity index (χ1) is 11.4. The lowest BCUT2D eigenvalue weighted by molar-refractivity contribution is 0.330. The van der Waals surface area contributed by atoms with Gasteiger partial charge in [-0.05, 0) is 56.0 Å². The lowest BCUT2D eigenvalue weighted by Crippen LogP contribution is -2.25. The molecule has 0 saturated carbocycles. The van der Waals surface area contributed by atoms with Crippen LogP contribution in [0.5, 0.6) is 0 Å². The summed E-state index contributed by atoms with van der Waals surface area (Å²) >= 11 is 0. The Morgan fingerprint density at radius 3 is 2.75 bits per heavy atom. The predicted molar refractivity (Wildman–Crippen MR) is 97.3 cm³/mol. The van der Waals surface area contributed by atoms with Crippen LogP contribution in [-0.4, -0.2) is 33.3 Å². The molecule has 0 amide bonds. The number of hydrogen-bond acceptors (Lipinski definition) is 3. The van der Waals surface area contributed by atoms with E-state index in [2.05, 4.69) is 34.0 Å². The van der Waals surface area contributed by atoms with E-state index in [4.69, 9.17) is 0 Å². The van der Waals surface area contributed by atoms with Crippen LogP contribution in [0, 0.1) is 13.8 Å². The molecule has 0 spiro atoms. The standard InChI is InChI=1S/C19H24N4O/c1-13-7-14(2)18-16(8-13)9-17(19(24)21-18)12-22(3)6-5-15-10-20-23(4)11-15/h7-11H,5-6,12H2,1-4H3,(H,21,24). The lowest BCUT2D eigenvalue weighted by Gasteiger charge is -2.16. The molecule has 0 bridgehead atoms. The van der Waals surface area contributed by atoms with Crippen molar-refractivity contribution in [1.82, 2.24) is 19.7 Å². The maximum atomic E-state index is 12.4. The number of fused-ring (bicyclic) bond motifs is 1. The van der Waals surface area contributed by atoms with Crippen LogP contribution in [0.1, 0.15) is 22.3 Å². The molecule has 0 aliphatic carbocycles. The minimum Gasteiger partial charge on any atom is -0.321 e. The average molecular weight is 324 g/mol. The summed E-state index contributed by atoms with van der Waals surface area (Å²) in [5.41, 5.74) is 5.28. The van der Waals surface area contributed by atoms with Crippen LogP contribution in [0.25, 0.3) is 10.9 Å². The third-order valence-corrected chi connectivity index (χ3v) is 4.35. The zero-order valence-corrected chi connectivity index (χ0v) is 14.8. The van der Waals surface area contributed by atoms with Crippen molar-refractivity contribution in [2.24, 2.45) is 7.05 Å². The fourth-order valence-corrected chi connectivity index (χ4v) is 3.14. The number of pyridine rings is 1. The topological polar surface area (TPSA) is 53.9 Å². The molecule has 0 aliphatic rings. The van der Waals surface area contributed by atoms with E-state index in [0.29, 0.717) is 6.54 Å². The molecule has 24 heavy (non-hydrogen) atoms. The van der Waals surface area contributed by atoms with Crippen molar-refractivity contribution < 1.29 is 0 Å².